The Labute approximate surface area is 117 Å². The summed E-state index contributed by atoms with van der Waals surface area (Å²) in [5.74, 6) is 0. The number of aromatic nitrogens is 3. The number of rotatable bonds is 4. The first kappa shape index (κ1) is 12.7. The molecule has 2 heterocycles. The molecule has 0 radical (unpaired) electrons. The largest absolute Gasteiger partial charge is 0.389 e. The first-order valence-electron chi connectivity index (χ1n) is 6.66. The molecule has 102 valence electrons. The molecule has 0 aliphatic heterocycles. The Morgan fingerprint density at radius 1 is 1.10 bits per heavy atom. The molecule has 0 saturated heterocycles. The fourth-order valence-corrected chi connectivity index (χ4v) is 2.16. The highest BCUT2D eigenvalue weighted by atomic mass is 16.3. The fraction of sp³-hybridized carbons (Fsp3) is 0.188. The lowest BCUT2D eigenvalue weighted by Gasteiger charge is -2.02. The Hall–Kier alpha value is -2.33. The molecule has 4 nitrogen and oxygen atoms in total. The van der Waals surface area contributed by atoms with Crippen molar-refractivity contribution < 1.29 is 5.11 Å². The third kappa shape index (κ3) is 2.65. The maximum Gasteiger partial charge on any atom is 0.0826 e. The molecule has 3 rings (SSSR count). The molecule has 0 saturated carbocycles. The molecule has 0 spiro atoms. The molecule has 1 aromatic carbocycles. The van der Waals surface area contributed by atoms with Crippen LogP contribution in [0.5, 0.6) is 0 Å². The predicted octanol–water partition coefficient (Wildman–Crippen LogP) is 2.78. The zero-order valence-corrected chi connectivity index (χ0v) is 11.3. The van der Waals surface area contributed by atoms with Gasteiger partial charge in [0.1, 0.15) is 0 Å². The minimum atomic E-state index is -0.432. The van der Waals surface area contributed by atoms with E-state index < -0.39 is 6.10 Å². The van der Waals surface area contributed by atoms with Crippen LogP contribution in [0.2, 0.25) is 0 Å². The molecule has 0 aliphatic rings. The SMILES string of the molecule is CC(O)c1ccn(Cc2ccn(-c3ccccc3)n2)c1. The second-order valence-electron chi connectivity index (χ2n) is 4.88. The molecule has 20 heavy (non-hydrogen) atoms. The first-order valence-corrected chi connectivity index (χ1v) is 6.66. The summed E-state index contributed by atoms with van der Waals surface area (Å²) in [4.78, 5) is 0. The van der Waals surface area contributed by atoms with Crippen molar-refractivity contribution in [2.45, 2.75) is 19.6 Å². The number of hydrogen-bond acceptors (Lipinski definition) is 2. The van der Waals surface area contributed by atoms with Gasteiger partial charge in [0.05, 0.1) is 24.0 Å². The third-order valence-corrected chi connectivity index (χ3v) is 3.27. The van der Waals surface area contributed by atoms with Crippen molar-refractivity contribution in [2.75, 3.05) is 0 Å². The summed E-state index contributed by atoms with van der Waals surface area (Å²) in [6, 6.07) is 14.0. The lowest BCUT2D eigenvalue weighted by Crippen LogP contribution is -2.00. The van der Waals surface area contributed by atoms with Gasteiger partial charge in [0, 0.05) is 18.6 Å². The molecule has 4 heteroatoms. The minimum Gasteiger partial charge on any atom is -0.389 e. The van der Waals surface area contributed by atoms with Crippen LogP contribution in [0.1, 0.15) is 24.3 Å². The van der Waals surface area contributed by atoms with Gasteiger partial charge in [0.2, 0.25) is 0 Å². The molecule has 1 atom stereocenters. The Kier molecular flexibility index (Phi) is 3.39. The monoisotopic (exact) mass is 267 g/mol. The first-order chi connectivity index (χ1) is 9.72. The summed E-state index contributed by atoms with van der Waals surface area (Å²) in [6.07, 6.45) is 5.44. The van der Waals surface area contributed by atoms with Crippen molar-refractivity contribution >= 4 is 0 Å². The van der Waals surface area contributed by atoms with Crippen LogP contribution in [0.15, 0.2) is 61.1 Å². The number of hydrogen-bond donors (Lipinski definition) is 1. The predicted molar refractivity (Wildman–Crippen MR) is 77.7 cm³/mol. The van der Waals surface area contributed by atoms with Crippen LogP contribution in [-0.2, 0) is 6.54 Å². The lowest BCUT2D eigenvalue weighted by atomic mass is 10.2. The smallest absolute Gasteiger partial charge is 0.0826 e. The van der Waals surface area contributed by atoms with Crippen molar-refractivity contribution in [3.8, 4) is 5.69 Å². The van der Waals surface area contributed by atoms with E-state index in [1.54, 1.807) is 6.92 Å². The Morgan fingerprint density at radius 2 is 1.90 bits per heavy atom. The van der Waals surface area contributed by atoms with Crippen molar-refractivity contribution in [2.24, 2.45) is 0 Å². The molecule has 2 aromatic heterocycles. The van der Waals surface area contributed by atoms with Gasteiger partial charge < -0.3 is 9.67 Å². The van der Waals surface area contributed by atoms with Crippen molar-refractivity contribution in [1.82, 2.24) is 14.3 Å². The van der Waals surface area contributed by atoms with Crippen LogP contribution in [0, 0.1) is 0 Å². The molecular formula is C16H17N3O. The van der Waals surface area contributed by atoms with Crippen LogP contribution in [0.3, 0.4) is 0 Å². The number of nitrogens with zero attached hydrogens (tertiary/aromatic N) is 3. The number of benzene rings is 1. The quantitative estimate of drug-likeness (QED) is 0.790. The van der Waals surface area contributed by atoms with E-state index in [4.69, 9.17) is 0 Å². The highest BCUT2D eigenvalue weighted by Gasteiger charge is 2.05. The molecule has 0 aliphatic carbocycles. The van der Waals surface area contributed by atoms with Gasteiger partial charge in [0.25, 0.3) is 0 Å². The summed E-state index contributed by atoms with van der Waals surface area (Å²) in [5.41, 5.74) is 2.96. The van der Waals surface area contributed by atoms with Crippen LogP contribution in [0.4, 0.5) is 0 Å². The van der Waals surface area contributed by atoms with Gasteiger partial charge in [-0.25, -0.2) is 4.68 Å². The van der Waals surface area contributed by atoms with E-state index in [9.17, 15) is 5.11 Å². The molecular weight excluding hydrogens is 250 g/mol. The van der Waals surface area contributed by atoms with Crippen LogP contribution < -0.4 is 0 Å². The minimum absolute atomic E-state index is 0.432. The molecule has 1 unspecified atom stereocenters. The number of aliphatic hydroxyl groups is 1. The zero-order chi connectivity index (χ0) is 13.9. The van der Waals surface area contributed by atoms with Gasteiger partial charge in [0.15, 0.2) is 0 Å². The summed E-state index contributed by atoms with van der Waals surface area (Å²) in [5, 5.41) is 14.1. The Balaban J connectivity index is 1.77. The number of aliphatic hydroxyl groups excluding tert-OH is 1. The molecule has 3 aromatic rings. The second-order valence-corrected chi connectivity index (χ2v) is 4.88. The average molecular weight is 267 g/mol. The fourth-order valence-electron chi connectivity index (χ4n) is 2.16. The highest BCUT2D eigenvalue weighted by Crippen LogP contribution is 2.13. The summed E-state index contributed by atoms with van der Waals surface area (Å²) < 4.78 is 3.90. The van der Waals surface area contributed by atoms with E-state index in [2.05, 4.69) is 5.10 Å². The topological polar surface area (TPSA) is 43.0 Å². The zero-order valence-electron chi connectivity index (χ0n) is 11.3. The van der Waals surface area contributed by atoms with Crippen molar-refractivity contribution in [1.29, 1.82) is 0 Å². The average Bonchev–Trinajstić information content (AvgIpc) is 3.10. The van der Waals surface area contributed by atoms with Gasteiger partial charge in [-0.1, -0.05) is 18.2 Å². The lowest BCUT2D eigenvalue weighted by molar-refractivity contribution is 0.199. The highest BCUT2D eigenvalue weighted by molar-refractivity contribution is 5.30. The van der Waals surface area contributed by atoms with E-state index in [1.165, 1.54) is 0 Å². The van der Waals surface area contributed by atoms with E-state index in [0.717, 1.165) is 16.9 Å². The standard InChI is InChI=1S/C16H17N3O/c1-13(20)14-7-9-18(11-14)12-15-8-10-19(17-15)16-5-3-2-4-6-16/h2-11,13,20H,12H2,1H3. The van der Waals surface area contributed by atoms with Crippen LogP contribution in [-0.4, -0.2) is 19.5 Å². The van der Waals surface area contributed by atoms with Gasteiger partial charge >= 0.3 is 0 Å². The Bertz CT molecular complexity index is 683. The van der Waals surface area contributed by atoms with Gasteiger partial charge in [-0.15, -0.1) is 0 Å². The second kappa shape index (κ2) is 5.35. The van der Waals surface area contributed by atoms with E-state index >= 15 is 0 Å². The van der Waals surface area contributed by atoms with Crippen molar-refractivity contribution in [3.63, 3.8) is 0 Å². The van der Waals surface area contributed by atoms with E-state index in [0.29, 0.717) is 6.54 Å². The van der Waals surface area contributed by atoms with Crippen LogP contribution >= 0.6 is 0 Å². The summed E-state index contributed by atoms with van der Waals surface area (Å²) >= 11 is 0. The number of para-hydroxylation sites is 1. The van der Waals surface area contributed by atoms with Gasteiger partial charge in [-0.3, -0.25) is 0 Å². The third-order valence-electron chi connectivity index (χ3n) is 3.27. The Morgan fingerprint density at radius 3 is 2.60 bits per heavy atom. The summed E-state index contributed by atoms with van der Waals surface area (Å²) in [7, 11) is 0. The van der Waals surface area contributed by atoms with E-state index in [1.807, 2.05) is 70.3 Å². The van der Waals surface area contributed by atoms with Gasteiger partial charge in [-0.2, -0.15) is 5.10 Å². The van der Waals surface area contributed by atoms with Crippen LogP contribution in [0.25, 0.3) is 5.69 Å². The van der Waals surface area contributed by atoms with E-state index in [-0.39, 0.29) is 0 Å². The maximum absolute atomic E-state index is 9.52. The van der Waals surface area contributed by atoms with Gasteiger partial charge in [-0.05, 0) is 36.8 Å². The normalized spacial score (nSPS) is 12.5. The maximum atomic E-state index is 9.52. The molecule has 0 fully saturated rings. The molecule has 1 N–H and O–H groups in total. The molecule has 0 bridgehead atoms. The van der Waals surface area contributed by atoms with Crippen molar-refractivity contribution in [3.05, 3.63) is 72.3 Å². The molecule has 0 amide bonds. The summed E-state index contributed by atoms with van der Waals surface area (Å²) in [6.45, 7) is 2.47.